The molecular formula is C21H20N4O2. The Hall–Kier alpha value is -3.67. The second-order valence-electron chi connectivity index (χ2n) is 5.90. The molecule has 0 saturated carbocycles. The van der Waals surface area contributed by atoms with Gasteiger partial charge in [0.1, 0.15) is 11.4 Å². The number of hydrazone groups is 1. The largest absolute Gasteiger partial charge is 0.497 e. The van der Waals surface area contributed by atoms with E-state index in [9.17, 15) is 4.79 Å². The summed E-state index contributed by atoms with van der Waals surface area (Å²) in [6.07, 6.45) is 3.58. The number of H-pyrrole nitrogens is 1. The normalized spacial score (nSPS) is 11.6. The van der Waals surface area contributed by atoms with Gasteiger partial charge < -0.3 is 4.74 Å². The minimum absolute atomic E-state index is 0.328. The van der Waals surface area contributed by atoms with Crippen LogP contribution >= 0.6 is 0 Å². The summed E-state index contributed by atoms with van der Waals surface area (Å²) in [5, 5.41) is 10.9. The van der Waals surface area contributed by atoms with Crippen molar-refractivity contribution in [3.05, 3.63) is 77.5 Å². The Morgan fingerprint density at radius 1 is 1.15 bits per heavy atom. The Labute approximate surface area is 157 Å². The van der Waals surface area contributed by atoms with Crippen LogP contribution < -0.4 is 10.2 Å². The molecule has 0 aliphatic carbocycles. The van der Waals surface area contributed by atoms with E-state index in [0.717, 1.165) is 22.4 Å². The van der Waals surface area contributed by atoms with Crippen LogP contribution in [0.15, 0.2) is 71.3 Å². The third-order valence-corrected chi connectivity index (χ3v) is 3.82. The van der Waals surface area contributed by atoms with Gasteiger partial charge in [0, 0.05) is 5.56 Å². The lowest BCUT2D eigenvalue weighted by Gasteiger charge is -2.00. The smallest absolute Gasteiger partial charge is 0.289 e. The zero-order valence-electron chi connectivity index (χ0n) is 15.1. The average molecular weight is 360 g/mol. The molecule has 2 aromatic carbocycles. The predicted octanol–water partition coefficient (Wildman–Crippen LogP) is 3.90. The fourth-order valence-electron chi connectivity index (χ4n) is 2.47. The number of aromatic nitrogens is 2. The molecule has 6 nitrogen and oxygen atoms in total. The van der Waals surface area contributed by atoms with Crippen molar-refractivity contribution in [3.8, 4) is 17.0 Å². The Kier molecular flexibility index (Phi) is 5.79. The van der Waals surface area contributed by atoms with Crippen LogP contribution in [0.25, 0.3) is 17.3 Å². The molecule has 1 amide bonds. The number of hydrogen-bond acceptors (Lipinski definition) is 4. The van der Waals surface area contributed by atoms with Crippen LogP contribution in [-0.4, -0.2) is 29.4 Å². The van der Waals surface area contributed by atoms with Crippen LogP contribution in [-0.2, 0) is 0 Å². The zero-order chi connectivity index (χ0) is 19.1. The van der Waals surface area contributed by atoms with Crippen molar-refractivity contribution in [1.82, 2.24) is 15.6 Å². The summed E-state index contributed by atoms with van der Waals surface area (Å²) in [6.45, 7) is 1.92. The Balaban J connectivity index is 1.63. The minimum atomic E-state index is -0.361. The molecule has 6 heteroatoms. The molecule has 1 heterocycles. The first kappa shape index (κ1) is 18.1. The maximum Gasteiger partial charge on any atom is 0.289 e. The molecule has 0 unspecified atom stereocenters. The van der Waals surface area contributed by atoms with E-state index in [-0.39, 0.29) is 5.91 Å². The number of rotatable bonds is 6. The summed E-state index contributed by atoms with van der Waals surface area (Å²) >= 11 is 0. The summed E-state index contributed by atoms with van der Waals surface area (Å²) in [7, 11) is 1.61. The van der Waals surface area contributed by atoms with Crippen molar-refractivity contribution >= 4 is 18.2 Å². The number of amides is 1. The van der Waals surface area contributed by atoms with Gasteiger partial charge in [0.2, 0.25) is 0 Å². The number of carbonyl (C=O) groups is 1. The Morgan fingerprint density at radius 2 is 1.96 bits per heavy atom. The molecule has 2 N–H and O–H groups in total. The number of ether oxygens (including phenoxy) is 1. The molecule has 27 heavy (non-hydrogen) atoms. The highest BCUT2D eigenvalue weighted by atomic mass is 16.5. The molecule has 0 radical (unpaired) electrons. The van der Waals surface area contributed by atoms with Crippen LogP contribution in [0.1, 0.15) is 23.0 Å². The fraction of sp³-hybridized carbons (Fsp3) is 0.0952. The molecule has 0 fully saturated rings. The van der Waals surface area contributed by atoms with Crippen molar-refractivity contribution in [2.45, 2.75) is 6.92 Å². The summed E-state index contributed by atoms with van der Waals surface area (Å²) < 4.78 is 5.21. The zero-order valence-corrected chi connectivity index (χ0v) is 15.1. The maximum atomic E-state index is 12.2. The second-order valence-corrected chi connectivity index (χ2v) is 5.90. The highest BCUT2D eigenvalue weighted by molar-refractivity contribution is 5.94. The molecule has 0 aliphatic rings. The molecule has 3 rings (SSSR count). The first-order chi connectivity index (χ1) is 13.2. The van der Waals surface area contributed by atoms with E-state index in [1.54, 1.807) is 19.4 Å². The van der Waals surface area contributed by atoms with Gasteiger partial charge in [-0.1, -0.05) is 48.5 Å². The third-order valence-electron chi connectivity index (χ3n) is 3.82. The molecule has 3 aromatic rings. The van der Waals surface area contributed by atoms with Gasteiger partial charge in [0.15, 0.2) is 0 Å². The van der Waals surface area contributed by atoms with Crippen LogP contribution in [0.3, 0.4) is 0 Å². The SMILES string of the molecule is COc1cccc(-c2cc(C(=O)N/N=C/C(C)=C\c3ccccc3)[nH]n2)c1. The van der Waals surface area contributed by atoms with E-state index in [1.165, 1.54) is 0 Å². The van der Waals surface area contributed by atoms with Crippen molar-refractivity contribution in [1.29, 1.82) is 0 Å². The lowest BCUT2D eigenvalue weighted by Crippen LogP contribution is -2.17. The third kappa shape index (κ3) is 4.92. The predicted molar refractivity (Wildman–Crippen MR) is 107 cm³/mol. The van der Waals surface area contributed by atoms with Gasteiger partial charge in [-0.05, 0) is 36.3 Å². The summed E-state index contributed by atoms with van der Waals surface area (Å²) in [5.74, 6) is 0.368. The molecule has 0 saturated heterocycles. The maximum absolute atomic E-state index is 12.2. The van der Waals surface area contributed by atoms with Crippen LogP contribution in [0.2, 0.25) is 0 Å². The Morgan fingerprint density at radius 3 is 2.74 bits per heavy atom. The number of allylic oxidation sites excluding steroid dienone is 1. The van der Waals surface area contributed by atoms with Crippen LogP contribution in [0.5, 0.6) is 5.75 Å². The number of carbonyl (C=O) groups excluding carboxylic acids is 1. The van der Waals surface area contributed by atoms with Gasteiger partial charge in [-0.3, -0.25) is 9.89 Å². The number of benzene rings is 2. The van der Waals surface area contributed by atoms with Gasteiger partial charge in [0.25, 0.3) is 5.91 Å². The topological polar surface area (TPSA) is 79.4 Å². The quantitative estimate of drug-likeness (QED) is 0.517. The van der Waals surface area contributed by atoms with E-state index in [4.69, 9.17) is 4.74 Å². The molecule has 1 aromatic heterocycles. The van der Waals surface area contributed by atoms with E-state index >= 15 is 0 Å². The van der Waals surface area contributed by atoms with E-state index < -0.39 is 0 Å². The lowest BCUT2D eigenvalue weighted by atomic mass is 10.1. The van der Waals surface area contributed by atoms with Gasteiger partial charge in [-0.25, -0.2) is 5.43 Å². The number of aromatic amines is 1. The molecule has 0 spiro atoms. The standard InChI is InChI=1S/C21H20N4O2/c1-15(11-16-7-4-3-5-8-16)14-22-25-21(26)20-13-19(23-24-20)17-9-6-10-18(12-17)27-2/h3-14H,1-2H3,(H,23,24)(H,25,26)/b15-11-,22-14+. The van der Waals surface area contributed by atoms with Crippen molar-refractivity contribution in [3.63, 3.8) is 0 Å². The highest BCUT2D eigenvalue weighted by Gasteiger charge is 2.10. The summed E-state index contributed by atoms with van der Waals surface area (Å²) in [5.41, 5.74) is 6.33. The van der Waals surface area contributed by atoms with E-state index in [0.29, 0.717) is 11.4 Å². The first-order valence-corrected chi connectivity index (χ1v) is 8.42. The molecule has 136 valence electrons. The fourth-order valence-corrected chi connectivity index (χ4v) is 2.47. The average Bonchev–Trinajstić information content (AvgIpc) is 3.19. The number of nitrogens with zero attached hydrogens (tertiary/aromatic N) is 2. The van der Waals surface area contributed by atoms with Crippen molar-refractivity contribution in [2.75, 3.05) is 7.11 Å². The van der Waals surface area contributed by atoms with Gasteiger partial charge >= 0.3 is 0 Å². The second kappa shape index (κ2) is 8.62. The number of hydrogen-bond donors (Lipinski definition) is 2. The van der Waals surface area contributed by atoms with Gasteiger partial charge in [-0.15, -0.1) is 0 Å². The minimum Gasteiger partial charge on any atom is -0.497 e. The number of nitrogens with one attached hydrogen (secondary N) is 2. The van der Waals surface area contributed by atoms with Crippen molar-refractivity contribution in [2.24, 2.45) is 5.10 Å². The monoisotopic (exact) mass is 360 g/mol. The van der Waals surface area contributed by atoms with Crippen LogP contribution in [0.4, 0.5) is 0 Å². The van der Waals surface area contributed by atoms with E-state index in [1.807, 2.05) is 67.6 Å². The van der Waals surface area contributed by atoms with Crippen LogP contribution in [0, 0.1) is 0 Å². The van der Waals surface area contributed by atoms with Crippen molar-refractivity contribution < 1.29 is 9.53 Å². The van der Waals surface area contributed by atoms with Gasteiger partial charge in [0.05, 0.1) is 19.0 Å². The summed E-state index contributed by atoms with van der Waals surface area (Å²) in [4.78, 5) is 12.2. The van der Waals surface area contributed by atoms with Gasteiger partial charge in [-0.2, -0.15) is 10.2 Å². The molecule has 0 aliphatic heterocycles. The number of methoxy groups -OCH3 is 1. The molecular weight excluding hydrogens is 340 g/mol. The first-order valence-electron chi connectivity index (χ1n) is 8.42. The summed E-state index contributed by atoms with van der Waals surface area (Å²) in [6, 6.07) is 19.0. The van der Waals surface area contributed by atoms with E-state index in [2.05, 4.69) is 20.7 Å². The Bertz CT molecular complexity index is 975. The molecule has 0 bridgehead atoms. The molecule has 0 atom stereocenters. The lowest BCUT2D eigenvalue weighted by molar-refractivity contribution is 0.0950. The highest BCUT2D eigenvalue weighted by Crippen LogP contribution is 2.22.